The quantitative estimate of drug-likeness (QED) is 0.863. The zero-order chi connectivity index (χ0) is 16.1. The Morgan fingerprint density at radius 2 is 2.27 bits per heavy atom. The van der Waals surface area contributed by atoms with Gasteiger partial charge in [0.15, 0.2) is 0 Å². The Labute approximate surface area is 133 Å². The van der Waals surface area contributed by atoms with Gasteiger partial charge in [-0.1, -0.05) is 11.6 Å². The van der Waals surface area contributed by atoms with Crippen molar-refractivity contribution in [3.05, 3.63) is 28.8 Å². The Hall–Kier alpha value is -1.79. The number of hydrogen-bond donors (Lipinski definition) is 2. The number of carbonyl (C=O) groups is 2. The van der Waals surface area contributed by atoms with Gasteiger partial charge in [0.05, 0.1) is 18.7 Å². The monoisotopic (exact) mass is 327 g/mol. The normalized spacial score (nSPS) is 19.3. The van der Waals surface area contributed by atoms with Gasteiger partial charge in [0.1, 0.15) is 11.8 Å². The Morgan fingerprint density at radius 1 is 1.50 bits per heavy atom. The van der Waals surface area contributed by atoms with Gasteiger partial charge in [0.2, 0.25) is 0 Å². The summed E-state index contributed by atoms with van der Waals surface area (Å²) in [6, 6.07) is 3.56. The van der Waals surface area contributed by atoms with E-state index in [-0.39, 0.29) is 5.92 Å². The van der Waals surface area contributed by atoms with E-state index in [1.54, 1.807) is 0 Å². The topological polar surface area (TPSA) is 84.9 Å². The van der Waals surface area contributed by atoms with E-state index in [2.05, 4.69) is 5.32 Å². The molecule has 2 N–H and O–H groups in total. The number of carbonyl (C=O) groups excluding carboxylic acids is 1. The molecule has 1 amide bonds. The summed E-state index contributed by atoms with van der Waals surface area (Å²) in [5.74, 6) is -1.41. The summed E-state index contributed by atoms with van der Waals surface area (Å²) in [6.45, 7) is 0.965. The minimum atomic E-state index is -1.07. The van der Waals surface area contributed by atoms with Crippen molar-refractivity contribution in [2.45, 2.75) is 18.9 Å². The number of benzene rings is 1. The van der Waals surface area contributed by atoms with Gasteiger partial charge in [-0.05, 0) is 31.0 Å². The SMILES string of the molecule is COc1cc(C(=O)N[C@H](C(=O)O)[C@@H]2CCCOC2)ccc1Cl. The molecule has 1 heterocycles. The first-order valence-electron chi connectivity index (χ1n) is 6.98. The maximum Gasteiger partial charge on any atom is 0.326 e. The van der Waals surface area contributed by atoms with Crippen LogP contribution in [-0.4, -0.2) is 43.3 Å². The van der Waals surface area contributed by atoms with Crippen LogP contribution in [0.5, 0.6) is 5.75 Å². The van der Waals surface area contributed by atoms with Crippen LogP contribution in [0.1, 0.15) is 23.2 Å². The fourth-order valence-electron chi connectivity index (χ4n) is 2.44. The van der Waals surface area contributed by atoms with Crippen LogP contribution in [0.25, 0.3) is 0 Å². The predicted octanol–water partition coefficient (Wildman–Crippen LogP) is 1.96. The fraction of sp³-hybridized carbons (Fsp3) is 0.467. The zero-order valence-electron chi connectivity index (χ0n) is 12.2. The maximum atomic E-state index is 12.3. The molecule has 1 fully saturated rings. The first-order valence-corrected chi connectivity index (χ1v) is 7.35. The van der Waals surface area contributed by atoms with Gasteiger partial charge < -0.3 is 19.9 Å². The third-order valence-electron chi connectivity index (χ3n) is 3.63. The van der Waals surface area contributed by atoms with Crippen molar-refractivity contribution in [1.82, 2.24) is 5.32 Å². The highest BCUT2D eigenvalue weighted by atomic mass is 35.5. The second-order valence-corrected chi connectivity index (χ2v) is 5.52. The lowest BCUT2D eigenvalue weighted by Crippen LogP contribution is -2.48. The van der Waals surface area contributed by atoms with Crippen molar-refractivity contribution in [1.29, 1.82) is 0 Å². The van der Waals surface area contributed by atoms with Crippen molar-refractivity contribution >= 4 is 23.5 Å². The number of carboxylic acid groups (broad SMARTS) is 1. The lowest BCUT2D eigenvalue weighted by Gasteiger charge is -2.28. The van der Waals surface area contributed by atoms with Crippen LogP contribution in [0.3, 0.4) is 0 Å². The number of ether oxygens (including phenoxy) is 2. The van der Waals surface area contributed by atoms with E-state index >= 15 is 0 Å². The van der Waals surface area contributed by atoms with Crippen LogP contribution in [0.2, 0.25) is 5.02 Å². The molecule has 1 aromatic rings. The summed E-state index contributed by atoms with van der Waals surface area (Å²) in [4.78, 5) is 23.7. The van der Waals surface area contributed by atoms with Crippen LogP contribution in [-0.2, 0) is 9.53 Å². The summed E-state index contributed by atoms with van der Waals surface area (Å²) in [5, 5.41) is 12.3. The van der Waals surface area contributed by atoms with Crippen LogP contribution >= 0.6 is 11.6 Å². The van der Waals surface area contributed by atoms with Crippen molar-refractivity contribution in [3.8, 4) is 5.75 Å². The molecular formula is C15H18ClNO5. The number of hydrogen-bond acceptors (Lipinski definition) is 4. The van der Waals surface area contributed by atoms with Gasteiger partial charge in [-0.3, -0.25) is 4.79 Å². The van der Waals surface area contributed by atoms with Crippen LogP contribution in [0, 0.1) is 5.92 Å². The van der Waals surface area contributed by atoms with Gasteiger partial charge in [0.25, 0.3) is 5.91 Å². The Bertz CT molecular complexity index is 557. The van der Waals surface area contributed by atoms with E-state index in [0.717, 1.165) is 6.42 Å². The summed E-state index contributed by atoms with van der Waals surface area (Å²) in [5.41, 5.74) is 0.296. The second kappa shape index (κ2) is 7.47. The Kier molecular flexibility index (Phi) is 5.63. The number of methoxy groups -OCH3 is 1. The molecular weight excluding hydrogens is 310 g/mol. The van der Waals surface area contributed by atoms with E-state index in [0.29, 0.717) is 36.0 Å². The third-order valence-corrected chi connectivity index (χ3v) is 3.95. The molecule has 2 rings (SSSR count). The molecule has 22 heavy (non-hydrogen) atoms. The van der Waals surface area contributed by atoms with Crippen molar-refractivity contribution in [2.75, 3.05) is 20.3 Å². The van der Waals surface area contributed by atoms with Gasteiger partial charge in [-0.2, -0.15) is 0 Å². The molecule has 0 aliphatic carbocycles. The predicted molar refractivity (Wildman–Crippen MR) is 80.4 cm³/mol. The van der Waals surface area contributed by atoms with Crippen molar-refractivity contribution in [3.63, 3.8) is 0 Å². The molecule has 6 nitrogen and oxygen atoms in total. The molecule has 7 heteroatoms. The highest BCUT2D eigenvalue weighted by molar-refractivity contribution is 6.32. The average molecular weight is 328 g/mol. The molecule has 1 saturated heterocycles. The molecule has 0 spiro atoms. The number of halogens is 1. The van der Waals surface area contributed by atoms with E-state index in [1.165, 1.54) is 25.3 Å². The van der Waals surface area contributed by atoms with Gasteiger partial charge in [0, 0.05) is 18.1 Å². The van der Waals surface area contributed by atoms with Crippen molar-refractivity contribution in [2.24, 2.45) is 5.92 Å². The molecule has 120 valence electrons. The van der Waals surface area contributed by atoms with Crippen LogP contribution in [0.15, 0.2) is 18.2 Å². The van der Waals surface area contributed by atoms with Crippen LogP contribution < -0.4 is 10.1 Å². The maximum absolute atomic E-state index is 12.3. The number of carboxylic acids is 1. The summed E-state index contributed by atoms with van der Waals surface area (Å²) < 4.78 is 10.4. The molecule has 1 aliphatic rings. The van der Waals surface area contributed by atoms with E-state index in [9.17, 15) is 14.7 Å². The first kappa shape index (κ1) is 16.6. The average Bonchev–Trinajstić information content (AvgIpc) is 2.53. The number of amides is 1. The smallest absolute Gasteiger partial charge is 0.326 e. The standard InChI is InChI=1S/C15H18ClNO5/c1-21-12-7-9(4-5-11(12)16)14(18)17-13(15(19)20)10-3-2-6-22-8-10/h4-5,7,10,13H,2-3,6,8H2,1H3,(H,17,18)(H,19,20)/t10-,13+/m1/s1. The van der Waals surface area contributed by atoms with Crippen LogP contribution in [0.4, 0.5) is 0 Å². The first-order chi connectivity index (χ1) is 10.5. The van der Waals surface area contributed by atoms with E-state index in [1.807, 2.05) is 0 Å². The molecule has 0 saturated carbocycles. The summed E-state index contributed by atoms with van der Waals surface area (Å²) in [6.07, 6.45) is 1.50. The molecule has 0 radical (unpaired) electrons. The van der Waals surface area contributed by atoms with E-state index in [4.69, 9.17) is 21.1 Å². The summed E-state index contributed by atoms with van der Waals surface area (Å²) >= 11 is 5.91. The molecule has 2 atom stereocenters. The number of nitrogens with one attached hydrogen (secondary N) is 1. The highest BCUT2D eigenvalue weighted by Gasteiger charge is 2.31. The van der Waals surface area contributed by atoms with Crippen molar-refractivity contribution < 1.29 is 24.2 Å². The second-order valence-electron chi connectivity index (χ2n) is 5.12. The number of aliphatic carboxylic acids is 1. The zero-order valence-corrected chi connectivity index (χ0v) is 12.9. The lowest BCUT2D eigenvalue weighted by molar-refractivity contribution is -0.142. The minimum Gasteiger partial charge on any atom is -0.495 e. The third kappa shape index (κ3) is 3.90. The molecule has 0 bridgehead atoms. The summed E-state index contributed by atoms with van der Waals surface area (Å²) in [7, 11) is 1.45. The Balaban J connectivity index is 2.12. The van der Waals surface area contributed by atoms with E-state index < -0.39 is 17.9 Å². The molecule has 1 aliphatic heterocycles. The number of rotatable bonds is 5. The van der Waals surface area contributed by atoms with Gasteiger partial charge in [-0.15, -0.1) is 0 Å². The Morgan fingerprint density at radius 3 is 2.86 bits per heavy atom. The van der Waals surface area contributed by atoms with Gasteiger partial charge >= 0.3 is 5.97 Å². The fourth-order valence-corrected chi connectivity index (χ4v) is 2.63. The minimum absolute atomic E-state index is 0.232. The largest absolute Gasteiger partial charge is 0.495 e. The molecule has 1 aromatic carbocycles. The lowest BCUT2D eigenvalue weighted by atomic mass is 9.93. The molecule has 0 aromatic heterocycles. The van der Waals surface area contributed by atoms with Gasteiger partial charge in [-0.25, -0.2) is 4.79 Å². The molecule has 0 unspecified atom stereocenters. The highest BCUT2D eigenvalue weighted by Crippen LogP contribution is 2.25.